The lowest BCUT2D eigenvalue weighted by molar-refractivity contribution is 0.0689. The lowest BCUT2D eigenvalue weighted by atomic mass is 10.2. The van der Waals surface area contributed by atoms with E-state index >= 15 is 0 Å². The number of rotatable bonds is 2. The second-order valence-electron chi connectivity index (χ2n) is 4.44. The number of carbonyl (C=O) groups is 1. The summed E-state index contributed by atoms with van der Waals surface area (Å²) >= 11 is 5.75. The predicted octanol–water partition coefficient (Wildman–Crippen LogP) is 2.85. The minimum absolute atomic E-state index is 0.00313. The Balaban J connectivity index is 2.18. The smallest absolute Gasteiger partial charge is 0.356 e. The number of halogens is 2. The molecule has 0 saturated carbocycles. The summed E-state index contributed by atoms with van der Waals surface area (Å²) in [7, 11) is 0. The van der Waals surface area contributed by atoms with Gasteiger partial charge in [0.05, 0.1) is 10.7 Å². The largest absolute Gasteiger partial charge is 0.476 e. The zero-order chi connectivity index (χ0) is 13.6. The number of nitrogens with zero attached hydrogens (tertiary/aromatic N) is 2. The van der Waals surface area contributed by atoms with Gasteiger partial charge in [0.2, 0.25) is 0 Å². The molecule has 6 heteroatoms. The van der Waals surface area contributed by atoms with Gasteiger partial charge in [0.15, 0.2) is 5.69 Å². The first kappa shape index (κ1) is 12.2. The fourth-order valence-electron chi connectivity index (χ4n) is 2.44. The zero-order valence-corrected chi connectivity index (χ0v) is 10.6. The van der Waals surface area contributed by atoms with Crippen molar-refractivity contribution in [3.8, 4) is 5.69 Å². The molecule has 0 unspecified atom stereocenters. The van der Waals surface area contributed by atoms with E-state index in [2.05, 4.69) is 5.10 Å². The Labute approximate surface area is 113 Å². The lowest BCUT2D eigenvalue weighted by Crippen LogP contribution is -2.04. The molecule has 0 fully saturated rings. The molecule has 1 N–H and O–H groups in total. The molecule has 0 aliphatic heterocycles. The second kappa shape index (κ2) is 4.35. The van der Waals surface area contributed by atoms with Crippen molar-refractivity contribution < 1.29 is 14.3 Å². The van der Waals surface area contributed by atoms with Crippen LogP contribution in [0.2, 0.25) is 5.02 Å². The van der Waals surface area contributed by atoms with Crippen LogP contribution in [0.15, 0.2) is 18.2 Å². The van der Waals surface area contributed by atoms with Gasteiger partial charge >= 0.3 is 5.97 Å². The minimum Gasteiger partial charge on any atom is -0.476 e. The fraction of sp³-hybridized carbons (Fsp3) is 0.231. The van der Waals surface area contributed by atoms with Crippen LogP contribution in [0.4, 0.5) is 4.39 Å². The first-order valence-electron chi connectivity index (χ1n) is 5.87. The number of aromatic carboxylic acids is 1. The van der Waals surface area contributed by atoms with Gasteiger partial charge in [-0.05, 0) is 37.5 Å². The summed E-state index contributed by atoms with van der Waals surface area (Å²) in [5.41, 5.74) is 2.30. The number of carboxylic acid groups (broad SMARTS) is 1. The van der Waals surface area contributed by atoms with Crippen molar-refractivity contribution in [2.45, 2.75) is 19.3 Å². The first-order valence-corrected chi connectivity index (χ1v) is 6.25. The van der Waals surface area contributed by atoms with Gasteiger partial charge in [-0.3, -0.25) is 0 Å². The summed E-state index contributed by atoms with van der Waals surface area (Å²) in [5.74, 6) is -1.54. The van der Waals surface area contributed by atoms with E-state index in [-0.39, 0.29) is 10.7 Å². The lowest BCUT2D eigenvalue weighted by Gasteiger charge is -2.06. The summed E-state index contributed by atoms with van der Waals surface area (Å²) in [6.45, 7) is 0. The first-order chi connectivity index (χ1) is 9.08. The summed E-state index contributed by atoms with van der Waals surface area (Å²) in [6, 6.07) is 4.24. The number of hydrogen-bond acceptors (Lipinski definition) is 2. The second-order valence-corrected chi connectivity index (χ2v) is 4.85. The molecule has 1 aromatic heterocycles. The van der Waals surface area contributed by atoms with Crippen LogP contribution in [0.3, 0.4) is 0 Å². The number of benzene rings is 1. The molecule has 0 radical (unpaired) electrons. The van der Waals surface area contributed by atoms with E-state index in [9.17, 15) is 9.18 Å². The molecule has 19 heavy (non-hydrogen) atoms. The molecule has 0 bridgehead atoms. The van der Waals surface area contributed by atoms with Crippen LogP contribution in [-0.4, -0.2) is 20.9 Å². The molecule has 0 saturated heterocycles. The monoisotopic (exact) mass is 280 g/mol. The summed E-state index contributed by atoms with van der Waals surface area (Å²) in [5, 5.41) is 13.3. The highest BCUT2D eigenvalue weighted by molar-refractivity contribution is 6.30. The topological polar surface area (TPSA) is 55.1 Å². The third-order valence-corrected chi connectivity index (χ3v) is 3.57. The Morgan fingerprint density at radius 3 is 2.89 bits per heavy atom. The number of hydrogen-bond donors (Lipinski definition) is 1. The van der Waals surface area contributed by atoms with Crippen LogP contribution in [0.25, 0.3) is 5.69 Å². The van der Waals surface area contributed by atoms with Gasteiger partial charge in [-0.1, -0.05) is 11.6 Å². The Hall–Kier alpha value is -1.88. The maximum Gasteiger partial charge on any atom is 0.356 e. The average molecular weight is 281 g/mol. The summed E-state index contributed by atoms with van der Waals surface area (Å²) in [6.07, 6.45) is 2.39. The van der Waals surface area contributed by atoms with E-state index in [0.29, 0.717) is 12.1 Å². The van der Waals surface area contributed by atoms with Gasteiger partial charge in [-0.25, -0.2) is 13.9 Å². The van der Waals surface area contributed by atoms with Crippen molar-refractivity contribution in [3.05, 3.63) is 46.0 Å². The number of fused-ring (bicyclic) bond motifs is 1. The Morgan fingerprint density at radius 2 is 2.21 bits per heavy atom. The minimum atomic E-state index is -1.04. The molecule has 0 atom stereocenters. The van der Waals surface area contributed by atoms with Gasteiger partial charge < -0.3 is 5.11 Å². The fourth-order valence-corrected chi connectivity index (χ4v) is 2.61. The molecule has 1 aliphatic rings. The summed E-state index contributed by atoms with van der Waals surface area (Å²) < 4.78 is 14.7. The third-order valence-electron chi connectivity index (χ3n) is 3.28. The zero-order valence-electron chi connectivity index (χ0n) is 9.86. The SMILES string of the molecule is O=C(O)c1nn(-c2ccc(F)c(Cl)c2)c2c1CCC2. The molecule has 3 rings (SSSR count). The van der Waals surface area contributed by atoms with Crippen LogP contribution in [0.5, 0.6) is 0 Å². The van der Waals surface area contributed by atoms with Crippen molar-refractivity contribution in [2.24, 2.45) is 0 Å². The van der Waals surface area contributed by atoms with Crippen LogP contribution in [0.1, 0.15) is 28.2 Å². The quantitative estimate of drug-likeness (QED) is 0.920. The van der Waals surface area contributed by atoms with Crippen molar-refractivity contribution in [1.82, 2.24) is 9.78 Å². The Bertz CT molecular complexity index is 682. The molecule has 0 spiro atoms. The van der Waals surface area contributed by atoms with E-state index in [1.165, 1.54) is 12.1 Å². The number of aromatic nitrogens is 2. The molecular formula is C13H10ClFN2O2. The van der Waals surface area contributed by atoms with Gasteiger partial charge in [-0.2, -0.15) is 5.10 Å². The molecule has 1 aromatic carbocycles. The van der Waals surface area contributed by atoms with E-state index < -0.39 is 11.8 Å². The molecule has 1 aliphatic carbocycles. The van der Waals surface area contributed by atoms with Gasteiger partial charge in [0.25, 0.3) is 0 Å². The maximum absolute atomic E-state index is 13.2. The van der Waals surface area contributed by atoms with Crippen LogP contribution < -0.4 is 0 Å². The molecular weight excluding hydrogens is 271 g/mol. The van der Waals surface area contributed by atoms with E-state index in [0.717, 1.165) is 24.1 Å². The highest BCUT2D eigenvalue weighted by Crippen LogP contribution is 2.29. The predicted molar refractivity (Wildman–Crippen MR) is 67.5 cm³/mol. The normalized spacial score (nSPS) is 13.6. The molecule has 2 aromatic rings. The highest BCUT2D eigenvalue weighted by atomic mass is 35.5. The average Bonchev–Trinajstić information content (AvgIpc) is 2.93. The molecule has 1 heterocycles. The third kappa shape index (κ3) is 1.90. The van der Waals surface area contributed by atoms with Gasteiger partial charge in [0.1, 0.15) is 5.82 Å². The van der Waals surface area contributed by atoms with Gasteiger partial charge in [-0.15, -0.1) is 0 Å². The van der Waals surface area contributed by atoms with Crippen LogP contribution >= 0.6 is 11.6 Å². The van der Waals surface area contributed by atoms with E-state index in [4.69, 9.17) is 16.7 Å². The Morgan fingerprint density at radius 1 is 1.42 bits per heavy atom. The molecule has 0 amide bonds. The standard InChI is InChI=1S/C13H10ClFN2O2/c14-9-6-7(4-5-10(9)15)17-11-3-1-2-8(11)12(16-17)13(18)19/h4-6H,1-3H2,(H,18,19). The van der Waals surface area contributed by atoms with Crippen molar-refractivity contribution in [2.75, 3.05) is 0 Å². The van der Waals surface area contributed by atoms with E-state index in [1.54, 1.807) is 10.7 Å². The Kier molecular flexibility index (Phi) is 2.78. The maximum atomic E-state index is 13.2. The summed E-state index contributed by atoms with van der Waals surface area (Å²) in [4.78, 5) is 11.2. The molecule has 98 valence electrons. The number of carboxylic acids is 1. The van der Waals surface area contributed by atoms with E-state index in [1.807, 2.05) is 0 Å². The van der Waals surface area contributed by atoms with Crippen molar-refractivity contribution in [3.63, 3.8) is 0 Å². The van der Waals surface area contributed by atoms with Gasteiger partial charge in [0, 0.05) is 11.3 Å². The van der Waals surface area contributed by atoms with Crippen molar-refractivity contribution in [1.29, 1.82) is 0 Å². The molecule has 4 nitrogen and oxygen atoms in total. The van der Waals surface area contributed by atoms with Crippen LogP contribution in [0, 0.1) is 5.82 Å². The van der Waals surface area contributed by atoms with Crippen molar-refractivity contribution >= 4 is 17.6 Å². The van der Waals surface area contributed by atoms with Crippen LogP contribution in [-0.2, 0) is 12.8 Å². The highest BCUT2D eigenvalue weighted by Gasteiger charge is 2.26.